The van der Waals surface area contributed by atoms with Gasteiger partial charge in [-0.1, -0.05) is 98.5 Å². The number of hydrogen-bond acceptors (Lipinski definition) is 1. The van der Waals surface area contributed by atoms with E-state index in [-0.39, 0.29) is 0 Å². The van der Waals surface area contributed by atoms with Crippen molar-refractivity contribution in [1.82, 2.24) is 4.57 Å². The number of furan rings is 1. The molecule has 0 radical (unpaired) electrons. The molecule has 0 fully saturated rings. The Morgan fingerprint density at radius 2 is 1.44 bits per heavy atom. The molecule has 0 aliphatic rings. The zero-order chi connectivity index (χ0) is 25.0. The average molecular weight is 486 g/mol. The fourth-order valence-corrected chi connectivity index (χ4v) is 6.98. The summed E-state index contributed by atoms with van der Waals surface area (Å²) in [4.78, 5) is 0. The van der Waals surface area contributed by atoms with Gasteiger partial charge in [-0.05, 0) is 48.4 Å². The Morgan fingerprint density at radius 3 is 2.17 bits per heavy atom. The molecule has 0 amide bonds. The number of allylic oxidation sites excluding steroid dienone is 1. The van der Waals surface area contributed by atoms with Crippen LogP contribution in [0.1, 0.15) is 18.2 Å². The van der Waals surface area contributed by atoms with Crippen LogP contribution in [0.4, 0.5) is 0 Å². The lowest BCUT2D eigenvalue weighted by atomic mass is 10.0. The average Bonchev–Trinajstić information content (AvgIpc) is 3.39. The van der Waals surface area contributed by atoms with Crippen molar-refractivity contribution in [3.8, 4) is 16.8 Å². The molecule has 0 aliphatic carbocycles. The number of benzene rings is 4. The van der Waals surface area contributed by atoms with Gasteiger partial charge in [0.25, 0.3) is 0 Å². The molecule has 0 saturated carbocycles. The van der Waals surface area contributed by atoms with Crippen molar-refractivity contribution < 1.29 is 4.42 Å². The predicted molar refractivity (Wildman–Crippen MR) is 158 cm³/mol. The molecule has 0 N–H and O–H groups in total. The van der Waals surface area contributed by atoms with Crippen LogP contribution in [0.15, 0.2) is 95.4 Å². The van der Waals surface area contributed by atoms with Crippen molar-refractivity contribution in [2.45, 2.75) is 33.5 Å². The summed E-state index contributed by atoms with van der Waals surface area (Å²) in [6.07, 6.45) is 4.36. The van der Waals surface area contributed by atoms with E-state index < -0.39 is 8.07 Å². The third-order valence-corrected chi connectivity index (χ3v) is 9.26. The molecule has 0 saturated heterocycles. The topological polar surface area (TPSA) is 18.1 Å². The lowest BCUT2D eigenvalue weighted by molar-refractivity contribution is 0.667. The van der Waals surface area contributed by atoms with Crippen LogP contribution in [0.25, 0.3) is 55.7 Å². The second kappa shape index (κ2) is 8.39. The summed E-state index contributed by atoms with van der Waals surface area (Å²) >= 11 is 0. The van der Waals surface area contributed by atoms with E-state index in [1.165, 1.54) is 49.2 Å². The summed E-state index contributed by atoms with van der Waals surface area (Å²) in [5.41, 5.74) is 9.22. The maximum absolute atomic E-state index is 6.76. The summed E-state index contributed by atoms with van der Waals surface area (Å²) in [6.45, 7) is 11.4. The molecule has 4 aromatic carbocycles. The first-order valence-corrected chi connectivity index (χ1v) is 16.2. The Labute approximate surface area is 213 Å². The lowest BCUT2D eigenvalue weighted by Gasteiger charge is -2.16. The van der Waals surface area contributed by atoms with Crippen molar-refractivity contribution in [2.24, 2.45) is 0 Å². The van der Waals surface area contributed by atoms with Crippen molar-refractivity contribution in [2.75, 3.05) is 0 Å². The lowest BCUT2D eigenvalue weighted by Crippen LogP contribution is -2.37. The Balaban J connectivity index is 1.67. The molecule has 0 atom stereocenters. The van der Waals surface area contributed by atoms with Crippen LogP contribution in [0.3, 0.4) is 0 Å². The van der Waals surface area contributed by atoms with E-state index in [9.17, 15) is 0 Å². The standard InChI is InChI=1S/C33H31NOSi/c1-6-12-25-22(2)34(29-20-19-24(21-28(25)29)23-13-8-7-9-14-23)30-17-10-15-26-27-16-11-18-31(36(3,4)5)33(27)35-32(26)30/h6-21H,1-5H3/b12-6-. The van der Waals surface area contributed by atoms with Gasteiger partial charge in [0.1, 0.15) is 5.58 Å². The van der Waals surface area contributed by atoms with Crippen LogP contribution in [0.2, 0.25) is 19.6 Å². The second-order valence-corrected chi connectivity index (χ2v) is 15.7. The van der Waals surface area contributed by atoms with Gasteiger partial charge in [-0.2, -0.15) is 0 Å². The highest BCUT2D eigenvalue weighted by molar-refractivity contribution is 6.90. The van der Waals surface area contributed by atoms with Crippen LogP contribution < -0.4 is 5.19 Å². The Hall–Kier alpha value is -3.82. The van der Waals surface area contributed by atoms with Gasteiger partial charge in [0.2, 0.25) is 0 Å². The Bertz CT molecular complexity index is 1780. The fourth-order valence-electron chi connectivity index (χ4n) is 5.51. The van der Waals surface area contributed by atoms with Crippen LogP contribution in [0.5, 0.6) is 0 Å². The van der Waals surface area contributed by atoms with Crippen LogP contribution in [-0.2, 0) is 0 Å². The number of fused-ring (bicyclic) bond motifs is 4. The fraction of sp³-hybridized carbons (Fsp3) is 0.152. The summed E-state index contributed by atoms with van der Waals surface area (Å²) < 4.78 is 9.13. The van der Waals surface area contributed by atoms with Crippen molar-refractivity contribution in [3.05, 3.63) is 102 Å². The van der Waals surface area contributed by atoms with E-state index in [4.69, 9.17) is 4.42 Å². The minimum atomic E-state index is -1.57. The third-order valence-electron chi connectivity index (χ3n) is 7.25. The van der Waals surface area contributed by atoms with Crippen molar-refractivity contribution in [1.29, 1.82) is 0 Å². The first-order chi connectivity index (χ1) is 17.4. The first kappa shape index (κ1) is 22.6. The smallest absolute Gasteiger partial charge is 0.159 e. The largest absolute Gasteiger partial charge is 0.454 e. The van der Waals surface area contributed by atoms with E-state index in [0.717, 1.165) is 16.9 Å². The number of nitrogens with zero attached hydrogens (tertiary/aromatic N) is 1. The quantitative estimate of drug-likeness (QED) is 0.228. The molecule has 2 nitrogen and oxygen atoms in total. The van der Waals surface area contributed by atoms with E-state index >= 15 is 0 Å². The molecule has 0 spiro atoms. The highest BCUT2D eigenvalue weighted by Gasteiger charge is 2.24. The minimum absolute atomic E-state index is 0.956. The maximum atomic E-state index is 6.76. The number of rotatable bonds is 4. The number of hydrogen-bond donors (Lipinski definition) is 0. The molecule has 6 aromatic rings. The van der Waals surface area contributed by atoms with Crippen LogP contribution >= 0.6 is 0 Å². The second-order valence-electron chi connectivity index (χ2n) is 10.6. The minimum Gasteiger partial charge on any atom is -0.454 e. The normalized spacial score (nSPS) is 12.5. The summed E-state index contributed by atoms with van der Waals surface area (Å²) in [7, 11) is -1.57. The van der Waals surface area contributed by atoms with Crippen molar-refractivity contribution in [3.63, 3.8) is 0 Å². The third kappa shape index (κ3) is 3.46. The maximum Gasteiger partial charge on any atom is 0.159 e. The number of aromatic nitrogens is 1. The van der Waals surface area contributed by atoms with Gasteiger partial charge in [-0.15, -0.1) is 0 Å². The Kier molecular flexibility index (Phi) is 5.27. The summed E-state index contributed by atoms with van der Waals surface area (Å²) in [5, 5.41) is 5.01. The summed E-state index contributed by atoms with van der Waals surface area (Å²) in [5.74, 6) is 0. The molecule has 2 aromatic heterocycles. The zero-order valence-corrected chi connectivity index (χ0v) is 22.6. The first-order valence-electron chi connectivity index (χ1n) is 12.7. The van der Waals surface area contributed by atoms with Gasteiger partial charge in [-0.3, -0.25) is 0 Å². The molecule has 0 aliphatic heterocycles. The Morgan fingerprint density at radius 1 is 0.722 bits per heavy atom. The molecule has 3 heteroatoms. The molecule has 0 unspecified atom stereocenters. The van der Waals surface area contributed by atoms with Gasteiger partial charge in [0.05, 0.1) is 19.3 Å². The molecule has 6 rings (SSSR count). The van der Waals surface area contributed by atoms with E-state index in [1.807, 2.05) is 0 Å². The highest BCUT2D eigenvalue weighted by Crippen LogP contribution is 2.38. The van der Waals surface area contributed by atoms with Crippen molar-refractivity contribution >= 4 is 52.2 Å². The van der Waals surface area contributed by atoms with Crippen LogP contribution in [-0.4, -0.2) is 12.6 Å². The van der Waals surface area contributed by atoms with Gasteiger partial charge in [0, 0.05) is 27.4 Å². The monoisotopic (exact) mass is 485 g/mol. The molecule has 2 heterocycles. The summed E-state index contributed by atoms with van der Waals surface area (Å²) in [6, 6.07) is 30.6. The van der Waals surface area contributed by atoms with Gasteiger partial charge < -0.3 is 8.98 Å². The SMILES string of the molecule is C/C=C\c1c(C)n(-c2cccc3c2oc2c([Si](C)(C)C)cccc23)c2ccc(-c3ccccc3)cc12. The van der Waals surface area contributed by atoms with E-state index in [1.54, 1.807) is 0 Å². The predicted octanol–water partition coefficient (Wildman–Crippen LogP) is 9.08. The molecular weight excluding hydrogens is 454 g/mol. The van der Waals surface area contributed by atoms with Gasteiger partial charge in [-0.25, -0.2) is 0 Å². The molecule has 178 valence electrons. The number of para-hydroxylation sites is 2. The molecular formula is C33H31NOSi. The highest BCUT2D eigenvalue weighted by atomic mass is 28.3. The zero-order valence-electron chi connectivity index (χ0n) is 21.6. The van der Waals surface area contributed by atoms with E-state index in [2.05, 4.69) is 135 Å². The van der Waals surface area contributed by atoms with Crippen LogP contribution in [0, 0.1) is 6.92 Å². The van der Waals surface area contributed by atoms with Gasteiger partial charge in [0.15, 0.2) is 5.58 Å². The molecule has 36 heavy (non-hydrogen) atoms. The van der Waals surface area contributed by atoms with Gasteiger partial charge >= 0.3 is 0 Å². The molecule has 0 bridgehead atoms. The van der Waals surface area contributed by atoms with E-state index in [0.29, 0.717) is 0 Å².